The van der Waals surface area contributed by atoms with Gasteiger partial charge < -0.3 is 20.8 Å². The third kappa shape index (κ3) is 4.68. The Labute approximate surface area is 159 Å². The van der Waals surface area contributed by atoms with E-state index in [0.717, 1.165) is 0 Å². The van der Waals surface area contributed by atoms with Crippen LogP contribution < -0.4 is 16.4 Å². The molecule has 148 valence electrons. The first kappa shape index (κ1) is 20.9. The number of hydrogen-bond acceptors (Lipinski definition) is 6. The molecule has 1 aromatic carbocycles. The number of benzene rings is 1. The first-order valence-corrected chi connectivity index (χ1v) is 10.3. The van der Waals surface area contributed by atoms with Crippen molar-refractivity contribution in [2.24, 2.45) is 5.73 Å². The summed E-state index contributed by atoms with van der Waals surface area (Å²) in [6, 6.07) is 6.20. The van der Waals surface area contributed by atoms with Gasteiger partial charge in [0.1, 0.15) is 12.0 Å². The summed E-state index contributed by atoms with van der Waals surface area (Å²) in [4.78, 5) is 12.6. The molecule has 0 unspecified atom stereocenters. The average molecular weight is 394 g/mol. The lowest BCUT2D eigenvalue weighted by atomic mass is 10.2. The van der Waals surface area contributed by atoms with Gasteiger partial charge in [-0.1, -0.05) is 13.8 Å². The van der Waals surface area contributed by atoms with Crippen molar-refractivity contribution in [3.63, 3.8) is 0 Å². The average Bonchev–Trinajstić information content (AvgIpc) is 3.13. The van der Waals surface area contributed by atoms with E-state index in [1.807, 2.05) is 6.92 Å². The smallest absolute Gasteiger partial charge is 0.258 e. The van der Waals surface area contributed by atoms with Crippen molar-refractivity contribution in [3.05, 3.63) is 41.9 Å². The number of sulfonamides is 1. The Morgan fingerprint density at radius 1 is 1.15 bits per heavy atom. The lowest BCUT2D eigenvalue weighted by Crippen LogP contribution is -2.30. The second-order valence-electron chi connectivity index (χ2n) is 5.79. The minimum atomic E-state index is -3.64. The Bertz CT molecular complexity index is 889. The molecule has 0 radical (unpaired) electrons. The Kier molecular flexibility index (Phi) is 7.00. The molecule has 4 N–H and O–H groups in total. The molecule has 1 amide bonds. The van der Waals surface area contributed by atoms with Crippen LogP contribution in [0.5, 0.6) is 0 Å². The highest BCUT2D eigenvalue weighted by molar-refractivity contribution is 7.89. The van der Waals surface area contributed by atoms with E-state index in [9.17, 15) is 13.2 Å². The van der Waals surface area contributed by atoms with Crippen LogP contribution in [0.25, 0.3) is 0 Å². The van der Waals surface area contributed by atoms with Gasteiger partial charge in [0.05, 0.1) is 28.4 Å². The van der Waals surface area contributed by atoms with Gasteiger partial charge in [-0.25, -0.2) is 8.42 Å². The van der Waals surface area contributed by atoms with Gasteiger partial charge in [0.25, 0.3) is 5.91 Å². The number of nitrogens with zero attached hydrogens (tertiary/aromatic N) is 1. The topological polar surface area (TPSA) is 118 Å². The second-order valence-corrected chi connectivity index (χ2v) is 7.72. The predicted octanol–water partition coefficient (Wildman–Crippen LogP) is 2.45. The Hall–Kier alpha value is -2.36. The predicted molar refractivity (Wildman–Crippen MR) is 105 cm³/mol. The molecule has 8 nitrogen and oxygen atoms in total. The highest BCUT2D eigenvalue weighted by atomic mass is 32.2. The summed E-state index contributed by atoms with van der Waals surface area (Å²) in [5.74, 6) is 0.0832. The van der Waals surface area contributed by atoms with E-state index >= 15 is 0 Å². The molecular weight excluding hydrogens is 368 g/mol. The van der Waals surface area contributed by atoms with Crippen molar-refractivity contribution in [3.8, 4) is 0 Å². The molecule has 2 rings (SSSR count). The monoisotopic (exact) mass is 394 g/mol. The van der Waals surface area contributed by atoms with Crippen LogP contribution in [-0.4, -0.2) is 38.3 Å². The molecule has 0 saturated heterocycles. The van der Waals surface area contributed by atoms with Gasteiger partial charge in [-0.15, -0.1) is 0 Å². The van der Waals surface area contributed by atoms with Gasteiger partial charge in [-0.3, -0.25) is 4.79 Å². The van der Waals surface area contributed by atoms with Gasteiger partial charge in [0, 0.05) is 19.6 Å². The quantitative estimate of drug-likeness (QED) is 0.601. The van der Waals surface area contributed by atoms with Gasteiger partial charge in [-0.2, -0.15) is 4.31 Å². The Morgan fingerprint density at radius 3 is 2.41 bits per heavy atom. The molecule has 0 spiro atoms. The summed E-state index contributed by atoms with van der Waals surface area (Å²) < 4.78 is 32.1. The summed E-state index contributed by atoms with van der Waals surface area (Å²) >= 11 is 0. The molecule has 1 aromatic heterocycles. The molecule has 0 bridgehead atoms. The van der Waals surface area contributed by atoms with Gasteiger partial charge in [0.2, 0.25) is 10.0 Å². The van der Waals surface area contributed by atoms with Gasteiger partial charge in [0.15, 0.2) is 0 Å². The van der Waals surface area contributed by atoms with Crippen LogP contribution in [0.3, 0.4) is 0 Å². The number of amides is 1. The van der Waals surface area contributed by atoms with Gasteiger partial charge in [-0.05, 0) is 31.2 Å². The van der Waals surface area contributed by atoms with Crippen LogP contribution in [0.4, 0.5) is 11.4 Å². The van der Waals surface area contributed by atoms with E-state index in [1.165, 1.54) is 22.7 Å². The van der Waals surface area contributed by atoms with E-state index in [1.54, 1.807) is 26.0 Å². The largest absolute Gasteiger partial charge is 0.467 e. The number of carbonyl (C=O) groups excluding carboxylic acids is 1. The lowest BCUT2D eigenvalue weighted by molar-refractivity contribution is 0.102. The maximum atomic E-state index is 12.8. The summed E-state index contributed by atoms with van der Waals surface area (Å²) in [5.41, 5.74) is 6.82. The third-order valence-electron chi connectivity index (χ3n) is 4.07. The van der Waals surface area contributed by atoms with Crippen molar-refractivity contribution in [2.45, 2.75) is 32.2 Å². The first-order valence-electron chi connectivity index (χ1n) is 8.84. The Balaban J connectivity index is 2.39. The number of furan rings is 1. The number of nitrogens with one attached hydrogen (secondary N) is 2. The van der Waals surface area contributed by atoms with Crippen molar-refractivity contribution in [1.82, 2.24) is 4.31 Å². The zero-order valence-electron chi connectivity index (χ0n) is 15.8. The molecule has 0 saturated carbocycles. The van der Waals surface area contributed by atoms with Crippen molar-refractivity contribution < 1.29 is 17.6 Å². The fraction of sp³-hybridized carbons (Fsp3) is 0.389. The van der Waals surface area contributed by atoms with Crippen LogP contribution in [0.2, 0.25) is 0 Å². The normalized spacial score (nSPS) is 11.6. The van der Waals surface area contributed by atoms with Crippen molar-refractivity contribution in [1.29, 1.82) is 0 Å². The third-order valence-corrected chi connectivity index (χ3v) is 6.11. The molecule has 0 aliphatic heterocycles. The molecule has 0 aliphatic rings. The maximum Gasteiger partial charge on any atom is 0.258 e. The van der Waals surface area contributed by atoms with Crippen LogP contribution in [-0.2, 0) is 16.6 Å². The van der Waals surface area contributed by atoms with Gasteiger partial charge >= 0.3 is 0 Å². The minimum Gasteiger partial charge on any atom is -0.467 e. The lowest BCUT2D eigenvalue weighted by Gasteiger charge is -2.20. The number of rotatable bonds is 9. The molecular formula is C18H26N4O4S. The molecule has 9 heteroatoms. The van der Waals surface area contributed by atoms with Crippen LogP contribution in [0, 0.1) is 0 Å². The standard InChI is InChI=1S/C18H26N4O4S/c1-4-20-16-8-7-15(27(24,25)22(5-2)6-3)10-17(16)21-18(23)13-9-14(11-19)26-12-13/h7-10,12,20H,4-6,11,19H2,1-3H3,(H,21,23). The minimum absolute atomic E-state index is 0.123. The maximum absolute atomic E-state index is 12.8. The molecule has 0 atom stereocenters. The van der Waals surface area contributed by atoms with Crippen LogP contribution in [0.1, 0.15) is 36.9 Å². The number of anilines is 2. The Morgan fingerprint density at radius 2 is 1.85 bits per heavy atom. The summed E-state index contributed by atoms with van der Waals surface area (Å²) in [6.07, 6.45) is 1.32. The SMILES string of the molecule is CCNc1ccc(S(=O)(=O)N(CC)CC)cc1NC(=O)c1coc(CN)c1. The zero-order chi connectivity index (χ0) is 20.0. The molecule has 0 fully saturated rings. The highest BCUT2D eigenvalue weighted by Gasteiger charge is 2.23. The number of nitrogens with two attached hydrogens (primary N) is 1. The van der Waals surface area contributed by atoms with Crippen LogP contribution >= 0.6 is 0 Å². The van der Waals surface area contributed by atoms with Crippen molar-refractivity contribution in [2.75, 3.05) is 30.3 Å². The summed E-state index contributed by atoms with van der Waals surface area (Å²) in [5, 5.41) is 5.87. The van der Waals surface area contributed by atoms with E-state index in [4.69, 9.17) is 10.2 Å². The fourth-order valence-electron chi connectivity index (χ4n) is 2.65. The van der Waals surface area contributed by atoms with E-state index < -0.39 is 15.9 Å². The molecule has 2 aromatic rings. The van der Waals surface area contributed by atoms with Crippen molar-refractivity contribution >= 4 is 27.3 Å². The summed E-state index contributed by atoms with van der Waals surface area (Å²) in [7, 11) is -3.64. The van der Waals surface area contributed by atoms with E-state index in [2.05, 4.69) is 10.6 Å². The second kappa shape index (κ2) is 9.03. The number of carbonyl (C=O) groups is 1. The molecule has 1 heterocycles. The number of hydrogen-bond donors (Lipinski definition) is 3. The van der Waals surface area contributed by atoms with E-state index in [-0.39, 0.29) is 11.4 Å². The van der Waals surface area contributed by atoms with E-state index in [0.29, 0.717) is 42.3 Å². The summed E-state index contributed by atoms with van der Waals surface area (Å²) in [6.45, 7) is 7.02. The van der Waals surface area contributed by atoms with Crippen LogP contribution in [0.15, 0.2) is 39.8 Å². The zero-order valence-corrected chi connectivity index (χ0v) is 16.6. The first-order chi connectivity index (χ1) is 12.9. The molecule has 0 aliphatic carbocycles. The molecule has 27 heavy (non-hydrogen) atoms. The highest BCUT2D eigenvalue weighted by Crippen LogP contribution is 2.28. The fourth-order valence-corrected chi connectivity index (χ4v) is 4.13.